The van der Waals surface area contributed by atoms with Gasteiger partial charge in [-0.2, -0.15) is 4.72 Å². The van der Waals surface area contributed by atoms with Gasteiger partial charge in [0.1, 0.15) is 24.7 Å². The van der Waals surface area contributed by atoms with Crippen LogP contribution in [0.3, 0.4) is 0 Å². The second-order valence-corrected chi connectivity index (χ2v) is 9.21. The van der Waals surface area contributed by atoms with Crippen molar-refractivity contribution >= 4 is 27.3 Å². The van der Waals surface area contributed by atoms with E-state index in [1.54, 1.807) is 11.0 Å². The number of aromatic nitrogens is 1. The summed E-state index contributed by atoms with van der Waals surface area (Å²) in [6.07, 6.45) is -0.732. The molecule has 0 radical (unpaired) electrons. The zero-order valence-corrected chi connectivity index (χ0v) is 16.7. The monoisotopic (exact) mass is 441 g/mol. The summed E-state index contributed by atoms with van der Waals surface area (Å²) in [4.78, 5) is 16.4. The fraction of sp³-hybridized carbons (Fsp3) is 0.412. The van der Waals surface area contributed by atoms with Gasteiger partial charge in [-0.05, 0) is 24.3 Å². The highest BCUT2D eigenvalue weighted by atomic mass is 32.2. The molecule has 2 unspecified atom stereocenters. The van der Waals surface area contributed by atoms with Crippen molar-refractivity contribution in [2.45, 2.75) is 42.1 Å². The van der Waals surface area contributed by atoms with Gasteiger partial charge in [0.15, 0.2) is 0 Å². The van der Waals surface area contributed by atoms with Crippen molar-refractivity contribution in [3.8, 4) is 5.75 Å². The Morgan fingerprint density at radius 2 is 1.97 bits per heavy atom. The molecule has 1 aliphatic carbocycles. The molecular weight excluding hydrogens is 422 g/mol. The summed E-state index contributed by atoms with van der Waals surface area (Å²) in [6.45, 7) is 0.373. The first kappa shape index (κ1) is 20.2. The first-order valence-electron chi connectivity index (χ1n) is 8.73. The molecule has 2 aromatic rings. The molecule has 1 aromatic carbocycles. The van der Waals surface area contributed by atoms with Crippen LogP contribution in [0.2, 0.25) is 0 Å². The minimum atomic E-state index is -4.06. The summed E-state index contributed by atoms with van der Waals surface area (Å²) >= 11 is 1.46. The first-order valence-corrected chi connectivity index (χ1v) is 11.2. The number of nitrogens with zero attached hydrogens (tertiary/aromatic N) is 1. The maximum Gasteiger partial charge on any atom is 0.264 e. The molecule has 2 atom stereocenters. The topological polar surface area (TPSA) is 136 Å². The number of carbonyl (C=O) groups is 1. The van der Waals surface area contributed by atoms with Crippen LogP contribution in [0.15, 0.2) is 40.1 Å². The van der Waals surface area contributed by atoms with Gasteiger partial charge in [0, 0.05) is 18.2 Å². The lowest BCUT2D eigenvalue weighted by Crippen LogP contribution is -2.57. The Morgan fingerprint density at radius 3 is 2.55 bits per heavy atom. The van der Waals surface area contributed by atoms with Gasteiger partial charge in [0.25, 0.3) is 5.91 Å². The Hall–Kier alpha value is -2.09. The van der Waals surface area contributed by atoms with Crippen LogP contribution in [0.5, 0.6) is 5.75 Å². The largest absolute Gasteiger partial charge is 0.487 e. The highest BCUT2D eigenvalue weighted by Gasteiger charge is 2.55. The maximum atomic E-state index is 12.9. The summed E-state index contributed by atoms with van der Waals surface area (Å²) < 4.78 is 44.5. The third-order valence-corrected chi connectivity index (χ3v) is 7.14. The third kappa shape index (κ3) is 4.13. The normalized spacial score (nSPS) is 26.2. The molecule has 3 N–H and O–H groups in total. The van der Waals surface area contributed by atoms with Crippen LogP contribution in [0.4, 0.5) is 0 Å². The molecule has 156 valence electrons. The van der Waals surface area contributed by atoms with Crippen LogP contribution in [0.1, 0.15) is 18.5 Å². The van der Waals surface area contributed by atoms with Crippen molar-refractivity contribution in [1.82, 2.24) is 15.2 Å². The van der Waals surface area contributed by atoms with Crippen LogP contribution in [-0.4, -0.2) is 49.1 Å². The minimum Gasteiger partial charge on any atom is -0.487 e. The number of hydrogen-bond donors (Lipinski definition) is 3. The van der Waals surface area contributed by atoms with Crippen molar-refractivity contribution in [2.75, 3.05) is 6.79 Å². The van der Waals surface area contributed by atoms with E-state index in [1.165, 1.54) is 35.6 Å². The van der Waals surface area contributed by atoms with Crippen LogP contribution in [-0.2, 0) is 30.9 Å². The molecule has 1 aromatic heterocycles. The first-order chi connectivity index (χ1) is 13.9. The molecule has 1 saturated carbocycles. The van der Waals surface area contributed by atoms with Crippen molar-refractivity contribution in [3.63, 3.8) is 0 Å². The highest BCUT2D eigenvalue weighted by Crippen LogP contribution is 2.38. The number of hydroxylamine groups is 1. The highest BCUT2D eigenvalue weighted by molar-refractivity contribution is 7.89. The van der Waals surface area contributed by atoms with Gasteiger partial charge in [-0.15, -0.1) is 11.3 Å². The number of carbonyl (C=O) groups excluding carboxylic acids is 1. The van der Waals surface area contributed by atoms with Gasteiger partial charge >= 0.3 is 0 Å². The summed E-state index contributed by atoms with van der Waals surface area (Å²) in [5.74, 6) is -0.372. The average molecular weight is 441 g/mol. The zero-order chi connectivity index (χ0) is 20.5. The number of sulfonamides is 1. The number of benzene rings is 1. The number of thiazole rings is 1. The number of amides is 1. The van der Waals surface area contributed by atoms with Gasteiger partial charge in [-0.3, -0.25) is 10.0 Å². The van der Waals surface area contributed by atoms with Crippen molar-refractivity contribution in [2.24, 2.45) is 0 Å². The lowest BCUT2D eigenvalue weighted by atomic mass is 9.98. The van der Waals surface area contributed by atoms with Crippen LogP contribution >= 0.6 is 11.3 Å². The molecule has 0 spiro atoms. The lowest BCUT2D eigenvalue weighted by Gasteiger charge is -2.28. The Labute approximate surface area is 170 Å². The smallest absolute Gasteiger partial charge is 0.264 e. The number of hydrogen-bond acceptors (Lipinski definition) is 9. The number of rotatable bonds is 7. The second-order valence-electron chi connectivity index (χ2n) is 6.80. The van der Waals surface area contributed by atoms with Crippen LogP contribution in [0, 0.1) is 0 Å². The summed E-state index contributed by atoms with van der Waals surface area (Å²) in [6, 6.07) is 5.81. The van der Waals surface area contributed by atoms with E-state index < -0.39 is 33.7 Å². The predicted octanol–water partition coefficient (Wildman–Crippen LogP) is 0.780. The predicted molar refractivity (Wildman–Crippen MR) is 99.7 cm³/mol. The molecule has 1 aliphatic heterocycles. The fourth-order valence-electron chi connectivity index (χ4n) is 3.50. The zero-order valence-electron chi connectivity index (χ0n) is 15.1. The Balaban J connectivity index is 1.49. The lowest BCUT2D eigenvalue weighted by molar-refractivity contribution is -0.136. The molecule has 4 rings (SSSR count). The molecule has 2 heterocycles. The van der Waals surface area contributed by atoms with Crippen LogP contribution < -0.4 is 14.9 Å². The van der Waals surface area contributed by atoms with Gasteiger partial charge in [0.05, 0.1) is 28.3 Å². The Morgan fingerprint density at radius 1 is 1.28 bits per heavy atom. The fourth-order valence-corrected chi connectivity index (χ4v) is 5.43. The molecule has 1 saturated heterocycles. The Kier molecular flexibility index (Phi) is 5.55. The van der Waals surface area contributed by atoms with Crippen molar-refractivity contribution in [3.05, 3.63) is 40.8 Å². The van der Waals surface area contributed by atoms with Gasteiger partial charge in [-0.25, -0.2) is 18.9 Å². The molecular formula is C17H19N3O7S2. The maximum absolute atomic E-state index is 12.9. The second kappa shape index (κ2) is 7.97. The van der Waals surface area contributed by atoms with Crippen LogP contribution in [0.25, 0.3) is 0 Å². The summed E-state index contributed by atoms with van der Waals surface area (Å²) in [7, 11) is -4.06. The van der Waals surface area contributed by atoms with E-state index in [0.717, 1.165) is 5.69 Å². The number of nitrogens with one attached hydrogen (secondary N) is 2. The number of ether oxygens (including phenoxy) is 3. The molecule has 2 fully saturated rings. The van der Waals surface area contributed by atoms with E-state index in [-0.39, 0.29) is 31.1 Å². The summed E-state index contributed by atoms with van der Waals surface area (Å²) in [5.41, 5.74) is 2.46. The molecule has 29 heavy (non-hydrogen) atoms. The average Bonchev–Trinajstić information content (AvgIpc) is 3.43. The molecule has 0 bridgehead atoms. The van der Waals surface area contributed by atoms with E-state index >= 15 is 0 Å². The van der Waals surface area contributed by atoms with Gasteiger partial charge in [0.2, 0.25) is 10.0 Å². The van der Waals surface area contributed by atoms with Gasteiger partial charge in [-0.1, -0.05) is 0 Å². The SMILES string of the molecule is O=C(NO)C1(NS(=O)(=O)c2ccc(OCc3cscn3)cc2)CC2OCOC2C1. The van der Waals surface area contributed by atoms with E-state index in [9.17, 15) is 13.2 Å². The standard InChI is InChI=1S/C17H19N3O7S2/c21-16(19-22)17(5-14-15(6-17)27-10-26-14)20-29(23,24)13-3-1-12(2-4-13)25-7-11-8-28-9-18-11/h1-4,8-9,14-15,20,22H,5-7,10H2,(H,19,21). The molecule has 12 heteroatoms. The molecule has 10 nitrogen and oxygen atoms in total. The van der Waals surface area contributed by atoms with Crippen molar-refractivity contribution < 1.29 is 32.6 Å². The van der Waals surface area contributed by atoms with E-state index in [1.807, 2.05) is 5.38 Å². The Bertz CT molecular complexity index is 951. The van der Waals surface area contributed by atoms with E-state index in [0.29, 0.717) is 5.75 Å². The number of fused-ring (bicyclic) bond motifs is 1. The summed E-state index contributed by atoms with van der Waals surface area (Å²) in [5, 5.41) is 11.0. The third-order valence-electron chi connectivity index (χ3n) is 4.95. The van der Waals surface area contributed by atoms with E-state index in [4.69, 9.17) is 19.4 Å². The quantitative estimate of drug-likeness (QED) is 0.424. The molecule has 2 aliphatic rings. The minimum absolute atomic E-state index is 0.0393. The van der Waals surface area contributed by atoms with Gasteiger partial charge < -0.3 is 14.2 Å². The van der Waals surface area contributed by atoms with E-state index in [2.05, 4.69) is 9.71 Å². The molecule has 1 amide bonds. The van der Waals surface area contributed by atoms with Crippen molar-refractivity contribution in [1.29, 1.82) is 0 Å².